The van der Waals surface area contributed by atoms with Gasteiger partial charge >= 0.3 is 0 Å². The number of amides is 1. The molecular formula is C22H23N3O2. The van der Waals surface area contributed by atoms with Crippen LogP contribution >= 0.6 is 0 Å². The molecule has 1 amide bonds. The Balaban J connectivity index is 1.79. The second-order valence-electron chi connectivity index (χ2n) is 6.47. The summed E-state index contributed by atoms with van der Waals surface area (Å²) in [7, 11) is 0. The molecule has 0 fully saturated rings. The van der Waals surface area contributed by atoms with Gasteiger partial charge in [-0.05, 0) is 25.5 Å². The van der Waals surface area contributed by atoms with Crippen molar-refractivity contribution >= 4 is 5.91 Å². The van der Waals surface area contributed by atoms with E-state index in [1.165, 1.54) is 10.7 Å². The van der Waals surface area contributed by atoms with E-state index < -0.39 is 0 Å². The smallest absolute Gasteiger partial charge is 0.267 e. The molecule has 2 aromatic carbocycles. The van der Waals surface area contributed by atoms with Crippen LogP contribution in [0.25, 0.3) is 11.3 Å². The second kappa shape index (κ2) is 8.45. The Morgan fingerprint density at radius 2 is 1.70 bits per heavy atom. The first-order valence-electron chi connectivity index (χ1n) is 9.03. The molecule has 1 heterocycles. The number of hydrogen-bond donors (Lipinski definition) is 0. The van der Waals surface area contributed by atoms with E-state index in [9.17, 15) is 9.59 Å². The van der Waals surface area contributed by atoms with Gasteiger partial charge in [-0.1, -0.05) is 60.2 Å². The zero-order chi connectivity index (χ0) is 19.2. The Labute approximate surface area is 158 Å². The number of carbonyl (C=O) groups is 1. The summed E-state index contributed by atoms with van der Waals surface area (Å²) in [6, 6.07) is 20.9. The summed E-state index contributed by atoms with van der Waals surface area (Å²) in [5.74, 6) is -0.128. The third-order valence-electron chi connectivity index (χ3n) is 4.45. The standard InChI is InChI=1S/C22H23N3O2/c1-3-24(15-18-7-5-4-6-8-18)22(27)16-25-21(26)14-13-20(23-25)19-11-9-17(2)10-12-19/h4-14H,3,15-16H2,1-2H3. The van der Waals surface area contributed by atoms with E-state index >= 15 is 0 Å². The van der Waals surface area contributed by atoms with Crippen LogP contribution in [0.5, 0.6) is 0 Å². The lowest BCUT2D eigenvalue weighted by Crippen LogP contribution is -2.36. The normalized spacial score (nSPS) is 10.6. The van der Waals surface area contributed by atoms with Crippen LogP contribution < -0.4 is 5.56 Å². The third-order valence-corrected chi connectivity index (χ3v) is 4.45. The summed E-state index contributed by atoms with van der Waals surface area (Å²) in [6.45, 7) is 4.96. The average molecular weight is 361 g/mol. The lowest BCUT2D eigenvalue weighted by molar-refractivity contribution is -0.132. The number of nitrogens with zero attached hydrogens (tertiary/aromatic N) is 3. The third kappa shape index (κ3) is 4.70. The molecule has 0 spiro atoms. The Kier molecular flexibility index (Phi) is 5.81. The van der Waals surface area contributed by atoms with Gasteiger partial charge in [-0.25, -0.2) is 4.68 Å². The fraction of sp³-hybridized carbons (Fsp3) is 0.227. The van der Waals surface area contributed by atoms with E-state index in [2.05, 4.69) is 5.10 Å². The predicted octanol–water partition coefficient (Wildman–Crippen LogP) is 3.27. The fourth-order valence-corrected chi connectivity index (χ4v) is 2.85. The zero-order valence-corrected chi connectivity index (χ0v) is 15.6. The van der Waals surface area contributed by atoms with Crippen LogP contribution in [0.3, 0.4) is 0 Å². The van der Waals surface area contributed by atoms with E-state index in [0.717, 1.165) is 16.7 Å². The molecule has 0 radical (unpaired) electrons. The number of hydrogen-bond acceptors (Lipinski definition) is 3. The molecule has 27 heavy (non-hydrogen) atoms. The number of aryl methyl sites for hydroxylation is 1. The Morgan fingerprint density at radius 3 is 2.37 bits per heavy atom. The molecule has 0 bridgehead atoms. The summed E-state index contributed by atoms with van der Waals surface area (Å²) < 4.78 is 1.24. The summed E-state index contributed by atoms with van der Waals surface area (Å²) in [4.78, 5) is 26.6. The molecule has 5 nitrogen and oxygen atoms in total. The molecule has 0 aliphatic rings. The van der Waals surface area contributed by atoms with Crippen LogP contribution in [-0.2, 0) is 17.9 Å². The van der Waals surface area contributed by atoms with Gasteiger partial charge in [-0.15, -0.1) is 0 Å². The van der Waals surface area contributed by atoms with Crippen LogP contribution in [-0.4, -0.2) is 27.1 Å². The number of likely N-dealkylation sites (N-methyl/N-ethyl adjacent to an activating group) is 1. The first-order chi connectivity index (χ1) is 13.1. The highest BCUT2D eigenvalue weighted by Gasteiger charge is 2.15. The number of carbonyl (C=O) groups excluding carboxylic acids is 1. The van der Waals surface area contributed by atoms with E-state index in [0.29, 0.717) is 18.8 Å². The summed E-state index contributed by atoms with van der Waals surface area (Å²) in [6.07, 6.45) is 0. The van der Waals surface area contributed by atoms with Crippen molar-refractivity contribution in [3.63, 3.8) is 0 Å². The summed E-state index contributed by atoms with van der Waals surface area (Å²) in [5.41, 5.74) is 3.52. The van der Waals surface area contributed by atoms with Crippen molar-refractivity contribution in [3.8, 4) is 11.3 Å². The highest BCUT2D eigenvalue weighted by atomic mass is 16.2. The van der Waals surface area contributed by atoms with E-state index in [-0.39, 0.29) is 18.0 Å². The minimum absolute atomic E-state index is 0.0702. The van der Waals surface area contributed by atoms with Gasteiger partial charge in [-0.3, -0.25) is 9.59 Å². The summed E-state index contributed by atoms with van der Waals surface area (Å²) in [5, 5.41) is 4.39. The van der Waals surface area contributed by atoms with Gasteiger partial charge in [0.25, 0.3) is 5.56 Å². The SMILES string of the molecule is CCN(Cc1ccccc1)C(=O)Cn1nc(-c2ccc(C)cc2)ccc1=O. The molecule has 5 heteroatoms. The molecule has 0 saturated heterocycles. The van der Waals surface area contributed by atoms with Crippen molar-refractivity contribution in [1.82, 2.24) is 14.7 Å². The molecule has 0 atom stereocenters. The largest absolute Gasteiger partial charge is 0.337 e. The molecule has 138 valence electrons. The Bertz CT molecular complexity index is 963. The molecule has 3 rings (SSSR count). The number of benzene rings is 2. The van der Waals surface area contributed by atoms with Gasteiger partial charge in [0.15, 0.2) is 0 Å². The van der Waals surface area contributed by atoms with Gasteiger partial charge in [0.1, 0.15) is 6.54 Å². The molecule has 0 aliphatic heterocycles. The van der Waals surface area contributed by atoms with Crippen molar-refractivity contribution in [2.45, 2.75) is 26.9 Å². The topological polar surface area (TPSA) is 55.2 Å². The maximum absolute atomic E-state index is 12.7. The minimum atomic E-state index is -0.282. The molecule has 0 saturated carbocycles. The van der Waals surface area contributed by atoms with Crippen molar-refractivity contribution in [3.05, 3.63) is 88.2 Å². The van der Waals surface area contributed by atoms with Gasteiger partial charge < -0.3 is 4.90 Å². The Hall–Kier alpha value is -3.21. The maximum Gasteiger partial charge on any atom is 0.267 e. The highest BCUT2D eigenvalue weighted by Crippen LogP contribution is 2.16. The van der Waals surface area contributed by atoms with E-state index in [1.54, 1.807) is 11.0 Å². The lowest BCUT2D eigenvalue weighted by Gasteiger charge is -2.21. The van der Waals surface area contributed by atoms with Crippen molar-refractivity contribution in [2.75, 3.05) is 6.54 Å². The number of aromatic nitrogens is 2. The molecule has 1 aromatic heterocycles. The number of rotatable bonds is 6. The van der Waals surface area contributed by atoms with E-state index in [1.807, 2.05) is 68.4 Å². The van der Waals surface area contributed by atoms with Crippen molar-refractivity contribution < 1.29 is 4.79 Å². The predicted molar refractivity (Wildman–Crippen MR) is 106 cm³/mol. The van der Waals surface area contributed by atoms with Crippen LogP contribution in [0.1, 0.15) is 18.1 Å². The van der Waals surface area contributed by atoms with Crippen LogP contribution in [0, 0.1) is 6.92 Å². The Morgan fingerprint density at radius 1 is 1.00 bits per heavy atom. The highest BCUT2D eigenvalue weighted by molar-refractivity contribution is 5.76. The van der Waals surface area contributed by atoms with Crippen LogP contribution in [0.15, 0.2) is 71.5 Å². The monoisotopic (exact) mass is 361 g/mol. The molecule has 0 aliphatic carbocycles. The molecule has 0 N–H and O–H groups in total. The maximum atomic E-state index is 12.7. The second-order valence-corrected chi connectivity index (χ2v) is 6.47. The lowest BCUT2D eigenvalue weighted by atomic mass is 10.1. The minimum Gasteiger partial charge on any atom is -0.337 e. The first-order valence-corrected chi connectivity index (χ1v) is 9.03. The average Bonchev–Trinajstić information content (AvgIpc) is 2.69. The van der Waals surface area contributed by atoms with Gasteiger partial charge in [-0.2, -0.15) is 5.10 Å². The van der Waals surface area contributed by atoms with Gasteiger partial charge in [0.05, 0.1) is 5.69 Å². The fourth-order valence-electron chi connectivity index (χ4n) is 2.85. The zero-order valence-electron chi connectivity index (χ0n) is 15.6. The van der Waals surface area contributed by atoms with Crippen LogP contribution in [0.4, 0.5) is 0 Å². The molecule has 3 aromatic rings. The van der Waals surface area contributed by atoms with Crippen LogP contribution in [0.2, 0.25) is 0 Å². The quantitative estimate of drug-likeness (QED) is 0.677. The molecule has 0 unspecified atom stereocenters. The van der Waals surface area contributed by atoms with Gasteiger partial charge in [0, 0.05) is 24.7 Å². The molecular weight excluding hydrogens is 338 g/mol. The van der Waals surface area contributed by atoms with Gasteiger partial charge in [0.2, 0.25) is 5.91 Å². The summed E-state index contributed by atoms with van der Waals surface area (Å²) >= 11 is 0. The van der Waals surface area contributed by atoms with Crippen molar-refractivity contribution in [2.24, 2.45) is 0 Å². The first kappa shape index (κ1) is 18.6. The van der Waals surface area contributed by atoms with E-state index in [4.69, 9.17) is 0 Å². The van der Waals surface area contributed by atoms with Crippen molar-refractivity contribution in [1.29, 1.82) is 0 Å².